The van der Waals surface area contributed by atoms with Gasteiger partial charge in [0, 0.05) is 7.05 Å². The van der Waals surface area contributed by atoms with E-state index in [1.807, 2.05) is 0 Å². The minimum absolute atomic E-state index is 0. The number of halogens is 3. The van der Waals surface area contributed by atoms with Crippen molar-refractivity contribution in [3.8, 4) is 0 Å². The molecule has 0 aliphatic heterocycles. The number of para-hydroxylation sites is 2. The van der Waals surface area contributed by atoms with Crippen molar-refractivity contribution in [2.45, 2.75) is 6.44 Å². The quantitative estimate of drug-likeness (QED) is 0.624. The average Bonchev–Trinajstić information content (AvgIpc) is 2.43. The SMILES string of the molecule is Cn1c(=O)n(C[B-](F)(F)F)c2ccccc21.[K+]. The number of aromatic nitrogens is 2. The van der Waals surface area contributed by atoms with Crippen LogP contribution in [0.2, 0.25) is 0 Å². The molecule has 0 saturated heterocycles. The molecule has 86 valence electrons. The van der Waals surface area contributed by atoms with Crippen molar-refractivity contribution < 1.29 is 64.3 Å². The molecule has 0 aliphatic rings. The zero-order valence-corrected chi connectivity index (χ0v) is 12.7. The molecule has 0 aliphatic carbocycles. The van der Waals surface area contributed by atoms with E-state index < -0.39 is 19.1 Å². The maximum atomic E-state index is 12.4. The molecule has 0 radical (unpaired) electrons. The molecule has 0 spiro atoms. The number of aryl methyl sites for hydroxylation is 1. The Morgan fingerprint density at radius 3 is 2.24 bits per heavy atom. The van der Waals surface area contributed by atoms with Gasteiger partial charge in [0.15, 0.2) is 0 Å². The molecule has 0 saturated carbocycles. The van der Waals surface area contributed by atoms with Crippen LogP contribution in [-0.2, 0) is 13.5 Å². The van der Waals surface area contributed by atoms with Crippen molar-refractivity contribution >= 4 is 18.0 Å². The summed E-state index contributed by atoms with van der Waals surface area (Å²) in [4.78, 5) is 11.6. The Labute approximate surface area is 138 Å². The molecule has 3 nitrogen and oxygen atoms in total. The summed E-state index contributed by atoms with van der Waals surface area (Å²) in [6.07, 6.45) is -1.19. The van der Waals surface area contributed by atoms with Crippen LogP contribution in [-0.4, -0.2) is 16.1 Å². The molecule has 0 fully saturated rings. The fraction of sp³-hybridized carbons (Fsp3) is 0.222. The van der Waals surface area contributed by atoms with E-state index in [4.69, 9.17) is 0 Å². The summed E-state index contributed by atoms with van der Waals surface area (Å²) in [5.41, 5.74) is 0.183. The zero-order valence-electron chi connectivity index (χ0n) is 9.53. The van der Waals surface area contributed by atoms with E-state index in [-0.39, 0.29) is 51.4 Å². The number of hydrogen-bond acceptors (Lipinski definition) is 1. The molecule has 0 bridgehead atoms. The third-order valence-corrected chi connectivity index (χ3v) is 2.44. The molecular weight excluding hydrogens is 259 g/mol. The van der Waals surface area contributed by atoms with Crippen LogP contribution in [0.1, 0.15) is 0 Å². The molecule has 0 atom stereocenters. The van der Waals surface area contributed by atoms with Crippen LogP contribution in [0.3, 0.4) is 0 Å². The molecule has 1 aromatic heterocycles. The normalized spacial score (nSPS) is 11.5. The first-order chi connectivity index (χ1) is 7.40. The van der Waals surface area contributed by atoms with E-state index in [1.165, 1.54) is 17.7 Å². The van der Waals surface area contributed by atoms with Gasteiger partial charge in [-0.15, -0.1) is 0 Å². The molecular formula is C9H9BF3KN2O. The van der Waals surface area contributed by atoms with Crippen LogP contribution in [0, 0.1) is 0 Å². The minimum Gasteiger partial charge on any atom is -0.448 e. The van der Waals surface area contributed by atoms with Crippen molar-refractivity contribution in [2.75, 3.05) is 0 Å². The molecule has 17 heavy (non-hydrogen) atoms. The van der Waals surface area contributed by atoms with Crippen molar-refractivity contribution in [3.63, 3.8) is 0 Å². The van der Waals surface area contributed by atoms with Gasteiger partial charge >= 0.3 is 64.1 Å². The number of nitrogens with zero attached hydrogens (tertiary/aromatic N) is 2. The predicted molar refractivity (Wildman–Crippen MR) is 56.3 cm³/mol. The molecule has 0 amide bonds. The van der Waals surface area contributed by atoms with Crippen molar-refractivity contribution in [1.82, 2.24) is 9.13 Å². The first kappa shape index (κ1) is 15.0. The second-order valence-electron chi connectivity index (χ2n) is 3.65. The van der Waals surface area contributed by atoms with Crippen molar-refractivity contribution in [2.24, 2.45) is 7.05 Å². The van der Waals surface area contributed by atoms with Gasteiger partial charge in [0.05, 0.1) is 11.0 Å². The number of fused-ring (bicyclic) bond motifs is 1. The van der Waals surface area contributed by atoms with Gasteiger partial charge in [-0.3, -0.25) is 4.57 Å². The minimum atomic E-state index is -5.02. The third kappa shape index (κ3) is 3.05. The molecule has 1 heterocycles. The van der Waals surface area contributed by atoms with E-state index in [1.54, 1.807) is 18.2 Å². The second kappa shape index (κ2) is 5.31. The Hall–Kier alpha value is -0.0187. The summed E-state index contributed by atoms with van der Waals surface area (Å²) >= 11 is 0. The molecule has 1 aromatic carbocycles. The fourth-order valence-electron chi connectivity index (χ4n) is 1.75. The van der Waals surface area contributed by atoms with E-state index >= 15 is 0 Å². The second-order valence-corrected chi connectivity index (χ2v) is 3.65. The molecule has 2 aromatic rings. The van der Waals surface area contributed by atoms with Gasteiger partial charge in [0.2, 0.25) is 0 Å². The van der Waals surface area contributed by atoms with Crippen LogP contribution in [0.5, 0.6) is 0 Å². The maximum absolute atomic E-state index is 12.4. The topological polar surface area (TPSA) is 26.9 Å². The summed E-state index contributed by atoms with van der Waals surface area (Å²) < 4.78 is 39.0. The van der Waals surface area contributed by atoms with E-state index in [2.05, 4.69) is 0 Å². The molecule has 2 rings (SSSR count). The van der Waals surface area contributed by atoms with Crippen molar-refractivity contribution in [1.29, 1.82) is 0 Å². The van der Waals surface area contributed by atoms with Gasteiger partial charge in [-0.1, -0.05) is 12.1 Å². The van der Waals surface area contributed by atoms with Gasteiger partial charge < -0.3 is 17.5 Å². The van der Waals surface area contributed by atoms with Crippen molar-refractivity contribution in [3.05, 3.63) is 34.7 Å². The molecule has 0 N–H and O–H groups in total. The van der Waals surface area contributed by atoms with E-state index in [0.717, 1.165) is 4.57 Å². The van der Waals surface area contributed by atoms with Crippen LogP contribution < -0.4 is 57.1 Å². The Morgan fingerprint density at radius 2 is 1.71 bits per heavy atom. The number of rotatable bonds is 2. The van der Waals surface area contributed by atoms with Gasteiger partial charge in [0.1, 0.15) is 0 Å². The van der Waals surface area contributed by atoms with Crippen LogP contribution in [0.25, 0.3) is 11.0 Å². The Morgan fingerprint density at radius 1 is 1.18 bits per heavy atom. The Kier molecular flexibility index (Phi) is 4.70. The Balaban J connectivity index is 0.00000144. The van der Waals surface area contributed by atoms with Gasteiger partial charge in [-0.2, -0.15) is 0 Å². The van der Waals surface area contributed by atoms with E-state index in [0.29, 0.717) is 11.0 Å². The summed E-state index contributed by atoms with van der Waals surface area (Å²) in [6.45, 7) is -5.02. The van der Waals surface area contributed by atoms with Gasteiger partial charge in [0.25, 0.3) is 0 Å². The Bertz CT molecular complexity index is 590. The van der Waals surface area contributed by atoms with E-state index in [9.17, 15) is 17.7 Å². The summed E-state index contributed by atoms with van der Waals surface area (Å²) in [5.74, 6) is 0. The zero-order chi connectivity index (χ0) is 11.9. The fourth-order valence-corrected chi connectivity index (χ4v) is 1.75. The molecule has 8 heteroatoms. The first-order valence-electron chi connectivity index (χ1n) is 4.75. The number of benzene rings is 1. The monoisotopic (exact) mass is 268 g/mol. The van der Waals surface area contributed by atoms with Crippen LogP contribution in [0.4, 0.5) is 12.9 Å². The third-order valence-electron chi connectivity index (χ3n) is 2.44. The van der Waals surface area contributed by atoms with Gasteiger partial charge in [-0.05, 0) is 18.6 Å². The largest absolute Gasteiger partial charge is 1.00 e. The molecule has 0 unspecified atom stereocenters. The predicted octanol–water partition coefficient (Wildman–Crippen LogP) is -1.27. The first-order valence-corrected chi connectivity index (χ1v) is 4.75. The summed E-state index contributed by atoms with van der Waals surface area (Å²) in [6, 6.07) is 6.43. The smallest absolute Gasteiger partial charge is 0.448 e. The van der Waals surface area contributed by atoms with Crippen LogP contribution in [0.15, 0.2) is 29.1 Å². The number of imidazole rings is 1. The summed E-state index contributed by atoms with van der Waals surface area (Å²) in [7, 11) is 1.46. The van der Waals surface area contributed by atoms with Gasteiger partial charge in [-0.25, -0.2) is 4.79 Å². The number of hydrogen-bond donors (Lipinski definition) is 0. The maximum Gasteiger partial charge on any atom is 1.00 e. The summed E-state index contributed by atoms with van der Waals surface area (Å²) in [5, 5.41) is 0. The average molecular weight is 268 g/mol. The van der Waals surface area contributed by atoms with Crippen LogP contribution >= 0.6 is 0 Å². The standard InChI is InChI=1S/C9H9BF3N2O.K/c1-14-7-4-2-3-5-8(7)15(9(14)16)6-10(11,12)13;/h2-5H,6H2,1H3;/q-1;+1.